The van der Waals surface area contributed by atoms with Gasteiger partial charge in [-0.1, -0.05) is 176 Å². The second kappa shape index (κ2) is 14.9. The molecule has 13 aromatic rings. The van der Waals surface area contributed by atoms with E-state index >= 15 is 0 Å². The van der Waals surface area contributed by atoms with Crippen LogP contribution < -0.4 is 9.30 Å². The van der Waals surface area contributed by atoms with Gasteiger partial charge in [-0.05, 0) is 86.3 Å². The van der Waals surface area contributed by atoms with E-state index in [-0.39, 0.29) is 0 Å². The molecule has 0 aliphatic carbocycles. The van der Waals surface area contributed by atoms with Gasteiger partial charge in [0.25, 0.3) is 6.33 Å². The van der Waals surface area contributed by atoms with Crippen LogP contribution in [0.2, 0.25) is 0 Å². The molecule has 0 saturated carbocycles. The highest BCUT2D eigenvalue weighted by Crippen LogP contribution is 2.40. The summed E-state index contributed by atoms with van der Waals surface area (Å²) < 4.78 is 13.6. The Morgan fingerprint density at radius 3 is 1.69 bits per heavy atom. The zero-order valence-electron chi connectivity index (χ0n) is 35.1. The van der Waals surface area contributed by atoms with E-state index in [0.717, 1.165) is 99.8 Å². The summed E-state index contributed by atoms with van der Waals surface area (Å²) in [6.07, 6.45) is 5.70. The van der Waals surface area contributed by atoms with Crippen molar-refractivity contribution >= 4 is 70.8 Å². The molecule has 5 nitrogen and oxygen atoms in total. The Morgan fingerprint density at radius 2 is 0.969 bits per heavy atom. The van der Waals surface area contributed by atoms with Crippen LogP contribution in [0.1, 0.15) is 0 Å². The summed E-state index contributed by atoms with van der Waals surface area (Å²) in [7, 11) is 0. The molecule has 0 saturated heterocycles. The molecular formula is C60H38N4O. The topological polar surface area (TPSA) is 35.3 Å². The van der Waals surface area contributed by atoms with Crippen molar-refractivity contribution in [3.8, 4) is 45.1 Å². The van der Waals surface area contributed by atoms with Crippen molar-refractivity contribution in [2.75, 3.05) is 0 Å². The van der Waals surface area contributed by atoms with Gasteiger partial charge in [-0.25, -0.2) is 4.98 Å². The molecule has 0 radical (unpaired) electrons. The van der Waals surface area contributed by atoms with E-state index in [1.165, 1.54) is 16.2 Å². The highest BCUT2D eigenvalue weighted by Gasteiger charge is 2.21. The van der Waals surface area contributed by atoms with Crippen molar-refractivity contribution in [3.63, 3.8) is 0 Å². The molecule has 0 unspecified atom stereocenters. The molecule has 9 aromatic carbocycles. The maximum atomic E-state index is 6.86. The summed E-state index contributed by atoms with van der Waals surface area (Å²) in [6.45, 7) is 0. The monoisotopic (exact) mass is 830 g/mol. The van der Waals surface area contributed by atoms with Crippen LogP contribution in [0, 0.1) is 6.33 Å². The van der Waals surface area contributed by atoms with Crippen LogP contribution in [0.3, 0.4) is 0 Å². The molecule has 4 aromatic heterocycles. The molecule has 0 amide bonds. The van der Waals surface area contributed by atoms with Crippen molar-refractivity contribution in [3.05, 3.63) is 237 Å². The smallest absolute Gasteiger partial charge is 0.269 e. The van der Waals surface area contributed by atoms with Crippen LogP contribution in [-0.4, -0.2) is 14.0 Å². The molecule has 0 atom stereocenters. The van der Waals surface area contributed by atoms with Gasteiger partial charge in [-0.15, -0.1) is 0 Å². The van der Waals surface area contributed by atoms with E-state index < -0.39 is 0 Å². The van der Waals surface area contributed by atoms with Crippen LogP contribution in [0.5, 0.6) is 11.5 Å². The minimum Gasteiger partial charge on any atom is -0.458 e. The number of imidazole rings is 1. The fourth-order valence-electron chi connectivity index (χ4n) is 9.96. The third kappa shape index (κ3) is 5.94. The zero-order valence-corrected chi connectivity index (χ0v) is 35.1. The standard InChI is InChI=1S/C60H38N4O/c1-3-17-40(18-4-1)45-27-14-28-46(41-19-5-2-6-20-41)58(45)63-39-62(55-32-11-12-33-56(55)63)42-21-13-22-43(37-42)65-44-34-35-51-53-30-15-29-52-49-25-9-7-23-47(49)48-24-8-10-26-50(48)54-31-16-36-61-60(54)64(59(52)53)57(51)38-44/h1-38H. The summed E-state index contributed by atoms with van der Waals surface area (Å²) in [5, 5.41) is 9.24. The first-order chi connectivity index (χ1) is 32.3. The molecule has 13 rings (SSSR count). The normalized spacial score (nSPS) is 11.7. The van der Waals surface area contributed by atoms with Gasteiger partial charge in [0.1, 0.15) is 17.1 Å². The Bertz CT molecular complexity index is 3980. The average molecular weight is 831 g/mol. The van der Waals surface area contributed by atoms with Crippen molar-refractivity contribution < 1.29 is 9.30 Å². The van der Waals surface area contributed by atoms with Crippen LogP contribution in [0.4, 0.5) is 0 Å². The Labute approximate surface area is 374 Å². The molecule has 0 aliphatic heterocycles. The number of fused-ring (bicyclic) bond motifs is 11. The lowest BCUT2D eigenvalue weighted by Gasteiger charge is -2.17. The van der Waals surface area contributed by atoms with Gasteiger partial charge in [-0.3, -0.25) is 13.5 Å². The number of para-hydroxylation sites is 4. The number of pyridine rings is 1. The Kier molecular flexibility index (Phi) is 8.46. The second-order valence-corrected chi connectivity index (χ2v) is 16.5. The van der Waals surface area contributed by atoms with Gasteiger partial charge in [0.05, 0.1) is 33.4 Å². The van der Waals surface area contributed by atoms with Gasteiger partial charge >= 0.3 is 0 Å². The van der Waals surface area contributed by atoms with Gasteiger partial charge < -0.3 is 4.74 Å². The molecule has 0 bridgehead atoms. The van der Waals surface area contributed by atoms with Crippen molar-refractivity contribution in [2.45, 2.75) is 0 Å². The average Bonchev–Trinajstić information content (AvgIpc) is 3.93. The summed E-state index contributed by atoms with van der Waals surface area (Å²) in [5.41, 5.74) is 11.6. The van der Waals surface area contributed by atoms with E-state index in [2.05, 4.69) is 232 Å². The SMILES string of the molecule is [c-]1n(-c2cccc(Oc3ccc4c5cccc6c7ccccc7c7ccccc7c7cccnc7n(c4c3)c65)c2)c2ccccc2[n+]1-c1c(-c2ccccc2)cccc1-c1ccccc1. The predicted octanol–water partition coefficient (Wildman–Crippen LogP) is 14.8. The lowest BCUT2D eigenvalue weighted by Crippen LogP contribution is -2.31. The predicted molar refractivity (Wildman–Crippen MR) is 266 cm³/mol. The lowest BCUT2D eigenvalue weighted by molar-refractivity contribution is -0.571. The lowest BCUT2D eigenvalue weighted by atomic mass is 9.95. The van der Waals surface area contributed by atoms with E-state index in [1.807, 2.05) is 18.3 Å². The van der Waals surface area contributed by atoms with Crippen molar-refractivity contribution in [1.29, 1.82) is 0 Å². The van der Waals surface area contributed by atoms with E-state index in [4.69, 9.17) is 9.72 Å². The van der Waals surface area contributed by atoms with Crippen LogP contribution in [0.25, 0.3) is 104 Å². The number of aromatic nitrogens is 4. The maximum absolute atomic E-state index is 6.86. The summed E-state index contributed by atoms with van der Waals surface area (Å²) in [4.78, 5) is 5.14. The molecule has 65 heavy (non-hydrogen) atoms. The maximum Gasteiger partial charge on any atom is 0.269 e. The third-order valence-corrected chi connectivity index (χ3v) is 12.8. The minimum absolute atomic E-state index is 0.719. The van der Waals surface area contributed by atoms with Crippen LogP contribution >= 0.6 is 0 Å². The van der Waals surface area contributed by atoms with Gasteiger partial charge in [0.2, 0.25) is 0 Å². The molecule has 5 heteroatoms. The number of ether oxygens (including phenoxy) is 1. The number of hydrogen-bond donors (Lipinski definition) is 0. The highest BCUT2D eigenvalue weighted by atomic mass is 16.5. The number of benzene rings is 9. The van der Waals surface area contributed by atoms with E-state index in [1.54, 1.807) is 0 Å². The quantitative estimate of drug-likeness (QED) is 0.124. The zero-order chi connectivity index (χ0) is 42.8. The van der Waals surface area contributed by atoms with Gasteiger partial charge in [-0.2, -0.15) is 0 Å². The van der Waals surface area contributed by atoms with Crippen LogP contribution in [0.15, 0.2) is 231 Å². The van der Waals surface area contributed by atoms with Crippen LogP contribution in [-0.2, 0) is 0 Å². The molecule has 304 valence electrons. The molecular weight excluding hydrogens is 793 g/mol. The molecule has 0 aliphatic rings. The summed E-state index contributed by atoms with van der Waals surface area (Å²) in [5.74, 6) is 1.45. The van der Waals surface area contributed by atoms with Gasteiger partial charge in [0.15, 0.2) is 0 Å². The molecule has 4 heterocycles. The Balaban J connectivity index is 0.989. The first kappa shape index (κ1) is 36.8. The second-order valence-electron chi connectivity index (χ2n) is 16.5. The summed E-state index contributed by atoms with van der Waals surface area (Å²) in [6, 6.07) is 79.3. The number of nitrogens with zero attached hydrogens (tertiary/aromatic N) is 4. The number of hydrogen-bond acceptors (Lipinski definition) is 2. The highest BCUT2D eigenvalue weighted by molar-refractivity contribution is 6.24. The fourth-order valence-corrected chi connectivity index (χ4v) is 9.96. The fraction of sp³-hybridized carbons (Fsp3) is 0. The first-order valence-electron chi connectivity index (χ1n) is 22.0. The first-order valence-corrected chi connectivity index (χ1v) is 22.0. The largest absolute Gasteiger partial charge is 0.458 e. The minimum atomic E-state index is 0.719. The molecule has 0 fully saturated rings. The third-order valence-electron chi connectivity index (χ3n) is 12.8. The van der Waals surface area contributed by atoms with Crippen molar-refractivity contribution in [2.24, 2.45) is 0 Å². The van der Waals surface area contributed by atoms with Crippen molar-refractivity contribution in [1.82, 2.24) is 14.0 Å². The Hall–Kier alpha value is -8.80. The van der Waals surface area contributed by atoms with E-state index in [9.17, 15) is 0 Å². The Morgan fingerprint density at radius 1 is 0.415 bits per heavy atom. The molecule has 0 spiro atoms. The summed E-state index contributed by atoms with van der Waals surface area (Å²) >= 11 is 0. The molecule has 0 N–H and O–H groups in total. The van der Waals surface area contributed by atoms with Gasteiger partial charge in [0, 0.05) is 33.8 Å². The van der Waals surface area contributed by atoms with E-state index in [0.29, 0.717) is 0 Å². The number of rotatable bonds is 6.